The van der Waals surface area contributed by atoms with Crippen molar-refractivity contribution in [3.8, 4) is 22.4 Å². The Labute approximate surface area is 235 Å². The summed E-state index contributed by atoms with van der Waals surface area (Å²) in [5.41, 5.74) is 7.69. The molecule has 0 spiro atoms. The Morgan fingerprint density at radius 3 is 2.05 bits per heavy atom. The zero-order valence-corrected chi connectivity index (χ0v) is 23.3. The molecule has 0 aliphatic heterocycles. The van der Waals surface area contributed by atoms with Crippen LogP contribution in [-0.4, -0.2) is 40.7 Å². The van der Waals surface area contributed by atoms with Gasteiger partial charge in [0.05, 0.1) is 12.3 Å². The van der Waals surface area contributed by atoms with Crippen molar-refractivity contribution in [2.45, 2.75) is 51.7 Å². The molecule has 1 aliphatic rings. The van der Waals surface area contributed by atoms with Crippen LogP contribution in [0.1, 0.15) is 48.9 Å². The van der Waals surface area contributed by atoms with Gasteiger partial charge in [-0.3, -0.25) is 14.6 Å². The molecule has 1 unspecified atom stereocenters. The van der Waals surface area contributed by atoms with Gasteiger partial charge in [0.1, 0.15) is 5.60 Å². The van der Waals surface area contributed by atoms with Crippen LogP contribution >= 0.6 is 0 Å². The number of rotatable bonds is 9. The molecular formula is C34H34N2O4. The largest absolute Gasteiger partial charge is 0.458 e. The topological polar surface area (TPSA) is 68.7 Å². The Bertz CT molecular complexity index is 1460. The Morgan fingerprint density at radius 2 is 1.50 bits per heavy atom. The summed E-state index contributed by atoms with van der Waals surface area (Å²) in [4.78, 5) is 36.5. The Morgan fingerprint density at radius 1 is 0.900 bits per heavy atom. The average molecular weight is 535 g/mol. The molecule has 6 nitrogen and oxygen atoms in total. The number of fused-ring (bicyclic) bond motifs is 3. The van der Waals surface area contributed by atoms with Gasteiger partial charge < -0.3 is 4.74 Å². The number of carbonyl (C=O) groups is 2. The molecule has 40 heavy (non-hydrogen) atoms. The highest BCUT2D eigenvalue weighted by atomic mass is 16.7. The van der Waals surface area contributed by atoms with E-state index >= 15 is 0 Å². The molecule has 1 aromatic heterocycles. The normalized spacial score (nSPS) is 13.3. The van der Waals surface area contributed by atoms with Gasteiger partial charge in [-0.2, -0.15) is 0 Å². The predicted octanol–water partition coefficient (Wildman–Crippen LogP) is 6.51. The lowest BCUT2D eigenvalue weighted by atomic mass is 9.98. The summed E-state index contributed by atoms with van der Waals surface area (Å²) in [6.45, 7) is 7.66. The van der Waals surface area contributed by atoms with Gasteiger partial charge in [0.2, 0.25) is 6.41 Å². The molecule has 6 heteroatoms. The van der Waals surface area contributed by atoms with Crippen molar-refractivity contribution in [1.82, 2.24) is 10.0 Å². The number of carbonyl (C=O) groups excluding carboxylic acids is 2. The minimum Gasteiger partial charge on any atom is -0.458 e. The maximum Gasteiger partial charge on any atom is 0.332 e. The van der Waals surface area contributed by atoms with Gasteiger partial charge in [-0.05, 0) is 67.1 Å². The first-order valence-electron chi connectivity index (χ1n) is 13.5. The number of benzene rings is 3. The second-order valence-electron chi connectivity index (χ2n) is 11.1. The van der Waals surface area contributed by atoms with Crippen molar-refractivity contribution < 1.29 is 19.2 Å². The van der Waals surface area contributed by atoms with E-state index in [0.717, 1.165) is 49.7 Å². The lowest BCUT2D eigenvalue weighted by molar-refractivity contribution is -0.203. The SMILES string of the molecule is Cc1ccccc1-c1ccc(CC(C(=O)OC(C)(C)C)N(C=O)OCC2c3ccccc3-c3ccccc32)cn1. The lowest BCUT2D eigenvalue weighted by Gasteiger charge is -2.30. The molecular weight excluding hydrogens is 500 g/mol. The van der Waals surface area contributed by atoms with Crippen LogP contribution in [0.5, 0.6) is 0 Å². The molecule has 0 saturated heterocycles. The molecule has 0 fully saturated rings. The molecule has 0 N–H and O–H groups in total. The number of amides is 1. The molecule has 1 amide bonds. The predicted molar refractivity (Wildman–Crippen MR) is 155 cm³/mol. The smallest absolute Gasteiger partial charge is 0.332 e. The van der Waals surface area contributed by atoms with Crippen LogP contribution in [0.15, 0.2) is 91.1 Å². The Kier molecular flexibility index (Phi) is 7.81. The fourth-order valence-electron chi connectivity index (χ4n) is 5.23. The van der Waals surface area contributed by atoms with Gasteiger partial charge in [-0.15, -0.1) is 0 Å². The summed E-state index contributed by atoms with van der Waals surface area (Å²) in [7, 11) is 0. The van der Waals surface area contributed by atoms with E-state index in [0.29, 0.717) is 6.41 Å². The van der Waals surface area contributed by atoms with Gasteiger partial charge in [-0.1, -0.05) is 78.9 Å². The number of hydrogen-bond acceptors (Lipinski definition) is 5. The van der Waals surface area contributed by atoms with E-state index in [-0.39, 0.29) is 18.9 Å². The van der Waals surface area contributed by atoms with Crippen LogP contribution in [-0.2, 0) is 25.6 Å². The van der Waals surface area contributed by atoms with Gasteiger partial charge in [-0.25, -0.2) is 9.86 Å². The molecule has 1 aliphatic carbocycles. The maximum atomic E-state index is 13.4. The average Bonchev–Trinajstić information content (AvgIpc) is 3.26. The van der Waals surface area contributed by atoms with Crippen LogP contribution in [0.4, 0.5) is 0 Å². The first kappa shape index (κ1) is 27.3. The lowest BCUT2D eigenvalue weighted by Crippen LogP contribution is -2.45. The highest BCUT2D eigenvalue weighted by Crippen LogP contribution is 2.44. The Balaban J connectivity index is 1.38. The van der Waals surface area contributed by atoms with Crippen LogP contribution in [0, 0.1) is 6.92 Å². The van der Waals surface area contributed by atoms with Crippen LogP contribution in [0.25, 0.3) is 22.4 Å². The second-order valence-corrected chi connectivity index (χ2v) is 11.1. The van der Waals surface area contributed by atoms with Crippen molar-refractivity contribution in [2.75, 3.05) is 6.61 Å². The van der Waals surface area contributed by atoms with Crippen LogP contribution < -0.4 is 0 Å². The van der Waals surface area contributed by atoms with E-state index in [4.69, 9.17) is 9.57 Å². The van der Waals surface area contributed by atoms with E-state index < -0.39 is 17.6 Å². The monoisotopic (exact) mass is 534 g/mol. The van der Waals surface area contributed by atoms with Gasteiger partial charge in [0.25, 0.3) is 0 Å². The number of hydrogen-bond donors (Lipinski definition) is 0. The summed E-state index contributed by atoms with van der Waals surface area (Å²) in [6.07, 6.45) is 2.51. The van der Waals surface area contributed by atoms with Gasteiger partial charge in [0.15, 0.2) is 6.04 Å². The fourth-order valence-corrected chi connectivity index (χ4v) is 5.23. The summed E-state index contributed by atoms with van der Waals surface area (Å²) in [6, 6.07) is 27.4. The first-order chi connectivity index (χ1) is 19.2. The molecule has 1 atom stereocenters. The van der Waals surface area contributed by atoms with Crippen LogP contribution in [0.2, 0.25) is 0 Å². The number of ether oxygens (including phenoxy) is 1. The highest BCUT2D eigenvalue weighted by molar-refractivity contribution is 5.79. The van der Waals surface area contributed by atoms with Crippen molar-refractivity contribution in [2.24, 2.45) is 0 Å². The molecule has 1 heterocycles. The summed E-state index contributed by atoms with van der Waals surface area (Å²) >= 11 is 0. The third kappa shape index (κ3) is 5.82. The van der Waals surface area contributed by atoms with Crippen molar-refractivity contribution in [1.29, 1.82) is 0 Å². The number of aryl methyl sites for hydroxylation is 1. The number of esters is 1. The van der Waals surface area contributed by atoms with E-state index in [1.807, 2.05) is 67.6 Å². The first-order valence-corrected chi connectivity index (χ1v) is 13.5. The zero-order chi connectivity index (χ0) is 28.3. The summed E-state index contributed by atoms with van der Waals surface area (Å²) in [5, 5.41) is 1.10. The van der Waals surface area contributed by atoms with Crippen molar-refractivity contribution in [3.05, 3.63) is 113 Å². The third-order valence-electron chi connectivity index (χ3n) is 7.12. The molecule has 3 aromatic carbocycles. The third-order valence-corrected chi connectivity index (χ3v) is 7.12. The minimum atomic E-state index is -0.977. The molecule has 0 saturated carbocycles. The van der Waals surface area contributed by atoms with Crippen molar-refractivity contribution in [3.63, 3.8) is 0 Å². The highest BCUT2D eigenvalue weighted by Gasteiger charge is 2.34. The fraction of sp³-hybridized carbons (Fsp3) is 0.265. The Hall–Kier alpha value is -4.29. The van der Waals surface area contributed by atoms with Crippen LogP contribution in [0.3, 0.4) is 0 Å². The van der Waals surface area contributed by atoms with Gasteiger partial charge in [0, 0.05) is 24.1 Å². The molecule has 5 rings (SSSR count). The van der Waals surface area contributed by atoms with Gasteiger partial charge >= 0.3 is 5.97 Å². The standard InChI is InChI=1S/C34H34N2O4/c1-23-11-5-6-12-25(23)31-18-17-24(20-35-31)19-32(33(38)40-34(2,3)4)36(22-37)39-21-30-28-15-9-7-13-26(28)27-14-8-10-16-29(27)30/h5-18,20,22,30,32H,19,21H2,1-4H3. The van der Waals surface area contributed by atoms with E-state index in [2.05, 4.69) is 29.2 Å². The second kappa shape index (κ2) is 11.4. The van der Waals surface area contributed by atoms with Crippen molar-refractivity contribution >= 4 is 12.4 Å². The van der Waals surface area contributed by atoms with E-state index in [9.17, 15) is 9.59 Å². The van der Waals surface area contributed by atoms with E-state index in [1.54, 1.807) is 27.0 Å². The summed E-state index contributed by atoms with van der Waals surface area (Å²) in [5.74, 6) is -0.598. The number of hydroxylamine groups is 2. The minimum absolute atomic E-state index is 0.0656. The number of aromatic nitrogens is 1. The molecule has 0 bridgehead atoms. The molecule has 4 aromatic rings. The molecule has 0 radical (unpaired) electrons. The summed E-state index contributed by atoms with van der Waals surface area (Å²) < 4.78 is 5.71. The quantitative estimate of drug-likeness (QED) is 0.139. The van der Waals surface area contributed by atoms with E-state index in [1.165, 1.54) is 0 Å². The number of pyridine rings is 1. The number of nitrogens with zero attached hydrogens (tertiary/aromatic N) is 2. The molecule has 204 valence electrons. The maximum absolute atomic E-state index is 13.4. The zero-order valence-electron chi connectivity index (χ0n) is 23.3.